The van der Waals surface area contributed by atoms with Gasteiger partial charge in [-0.2, -0.15) is 0 Å². The van der Waals surface area contributed by atoms with Crippen LogP contribution in [-0.4, -0.2) is 49.1 Å². The number of nitrogens with zero attached hydrogens (tertiary/aromatic N) is 2. The summed E-state index contributed by atoms with van der Waals surface area (Å²) in [5.74, 6) is 0. The third-order valence-corrected chi connectivity index (χ3v) is 5.53. The van der Waals surface area contributed by atoms with E-state index in [0.29, 0.717) is 0 Å². The summed E-state index contributed by atoms with van der Waals surface area (Å²) < 4.78 is 0. The number of rotatable bonds is 4. The van der Waals surface area contributed by atoms with Crippen molar-refractivity contribution in [1.82, 2.24) is 9.80 Å². The second-order valence-corrected chi connectivity index (χ2v) is 7.29. The molecular weight excluding hydrogens is 232 g/mol. The average molecular weight is 264 g/mol. The molecule has 0 fully saturated rings. The maximum absolute atomic E-state index is 2.32. The summed E-state index contributed by atoms with van der Waals surface area (Å²) in [6.45, 7) is 13.9. The first-order valence-corrected chi connectivity index (χ1v) is 7.19. The van der Waals surface area contributed by atoms with Gasteiger partial charge in [0, 0.05) is 11.1 Å². The molecule has 0 N–H and O–H groups in total. The van der Waals surface area contributed by atoms with Crippen molar-refractivity contribution in [2.75, 3.05) is 28.2 Å². The van der Waals surface area contributed by atoms with Gasteiger partial charge < -0.3 is 9.80 Å². The van der Waals surface area contributed by atoms with E-state index in [4.69, 9.17) is 0 Å². The van der Waals surface area contributed by atoms with E-state index in [1.807, 2.05) is 0 Å². The zero-order valence-electron chi connectivity index (χ0n) is 14.6. The molecule has 0 saturated carbocycles. The van der Waals surface area contributed by atoms with Crippen molar-refractivity contribution in [3.63, 3.8) is 0 Å². The van der Waals surface area contributed by atoms with E-state index in [-0.39, 0.29) is 11.1 Å². The second kappa shape index (κ2) is 5.06. The molecule has 1 aliphatic carbocycles. The predicted octanol–water partition coefficient (Wildman–Crippen LogP) is 3.70. The molecule has 2 nitrogen and oxygen atoms in total. The van der Waals surface area contributed by atoms with Crippen molar-refractivity contribution in [3.8, 4) is 0 Å². The van der Waals surface area contributed by atoms with Gasteiger partial charge >= 0.3 is 0 Å². The highest BCUT2D eigenvalue weighted by atomic mass is 15.1. The summed E-state index contributed by atoms with van der Waals surface area (Å²) >= 11 is 0. The van der Waals surface area contributed by atoms with Gasteiger partial charge in [0.2, 0.25) is 0 Å². The lowest BCUT2D eigenvalue weighted by atomic mass is 9.84. The van der Waals surface area contributed by atoms with Crippen molar-refractivity contribution in [2.24, 2.45) is 0 Å². The van der Waals surface area contributed by atoms with E-state index < -0.39 is 0 Å². The van der Waals surface area contributed by atoms with Crippen LogP contribution in [-0.2, 0) is 0 Å². The maximum atomic E-state index is 2.32. The number of hydrogen-bond donors (Lipinski definition) is 0. The standard InChI is InChI=1S/C17H32N2/c1-12-13(2)15(17(5,6)19(9)10)11-14(12)16(3,4)18(7)8/h11H2,1-10H3. The molecule has 2 heteroatoms. The van der Waals surface area contributed by atoms with Crippen LogP contribution in [0.5, 0.6) is 0 Å². The minimum Gasteiger partial charge on any atom is -0.301 e. The molecule has 1 aliphatic rings. The van der Waals surface area contributed by atoms with Gasteiger partial charge in [-0.15, -0.1) is 0 Å². The largest absolute Gasteiger partial charge is 0.301 e. The third-order valence-electron chi connectivity index (χ3n) is 5.53. The molecule has 0 radical (unpaired) electrons. The van der Waals surface area contributed by atoms with E-state index in [2.05, 4.69) is 79.5 Å². The topological polar surface area (TPSA) is 6.48 Å². The molecule has 0 spiro atoms. The summed E-state index contributed by atoms with van der Waals surface area (Å²) in [5.41, 5.74) is 6.36. The van der Waals surface area contributed by atoms with E-state index in [9.17, 15) is 0 Å². The van der Waals surface area contributed by atoms with Gasteiger partial charge in [-0.1, -0.05) is 0 Å². The third kappa shape index (κ3) is 2.66. The zero-order chi connectivity index (χ0) is 15.2. The Hall–Kier alpha value is -0.600. The van der Waals surface area contributed by atoms with Gasteiger partial charge in [-0.25, -0.2) is 0 Å². The highest BCUT2D eigenvalue weighted by Gasteiger charge is 2.37. The molecule has 0 unspecified atom stereocenters. The summed E-state index contributed by atoms with van der Waals surface area (Å²) in [5, 5.41) is 0. The zero-order valence-corrected chi connectivity index (χ0v) is 14.6. The molecule has 110 valence electrons. The van der Waals surface area contributed by atoms with Crippen LogP contribution in [0.15, 0.2) is 22.3 Å². The molecule has 0 saturated heterocycles. The van der Waals surface area contributed by atoms with Crippen LogP contribution in [0.25, 0.3) is 0 Å². The van der Waals surface area contributed by atoms with Gasteiger partial charge in [0.05, 0.1) is 0 Å². The second-order valence-electron chi connectivity index (χ2n) is 7.29. The van der Waals surface area contributed by atoms with Crippen LogP contribution >= 0.6 is 0 Å². The van der Waals surface area contributed by atoms with E-state index >= 15 is 0 Å². The molecule has 0 bridgehead atoms. The maximum Gasteiger partial charge on any atom is 0.0366 e. The summed E-state index contributed by atoms with van der Waals surface area (Å²) in [6, 6.07) is 0. The van der Waals surface area contributed by atoms with Crippen molar-refractivity contribution < 1.29 is 0 Å². The van der Waals surface area contributed by atoms with E-state index in [0.717, 1.165) is 6.42 Å². The first kappa shape index (κ1) is 16.5. The van der Waals surface area contributed by atoms with Crippen molar-refractivity contribution in [1.29, 1.82) is 0 Å². The minimum atomic E-state index is 0.121. The van der Waals surface area contributed by atoms with Crippen LogP contribution in [0.1, 0.15) is 48.0 Å². The lowest BCUT2D eigenvalue weighted by Gasteiger charge is -2.38. The Morgan fingerprint density at radius 1 is 0.684 bits per heavy atom. The highest BCUT2D eigenvalue weighted by molar-refractivity contribution is 5.51. The van der Waals surface area contributed by atoms with Gasteiger partial charge in [-0.05, 0) is 98.4 Å². The summed E-state index contributed by atoms with van der Waals surface area (Å²) in [6.07, 6.45) is 1.11. The van der Waals surface area contributed by atoms with Crippen LogP contribution in [0.4, 0.5) is 0 Å². The number of likely N-dealkylation sites (N-methyl/N-ethyl adjacent to an activating group) is 2. The molecular formula is C17H32N2. The van der Waals surface area contributed by atoms with Crippen molar-refractivity contribution in [2.45, 2.75) is 59.0 Å². The van der Waals surface area contributed by atoms with Crippen molar-refractivity contribution >= 4 is 0 Å². The molecule has 0 aromatic rings. The molecule has 0 aromatic heterocycles. The Balaban J connectivity index is 3.19. The molecule has 1 rings (SSSR count). The molecule has 0 aliphatic heterocycles. The van der Waals surface area contributed by atoms with Gasteiger partial charge in [0.1, 0.15) is 0 Å². The van der Waals surface area contributed by atoms with E-state index in [1.54, 1.807) is 11.1 Å². The molecule has 0 atom stereocenters. The fourth-order valence-electron chi connectivity index (χ4n) is 2.78. The fraction of sp³-hybridized carbons (Fsp3) is 0.765. The summed E-state index contributed by atoms with van der Waals surface area (Å²) in [4.78, 5) is 4.65. The first-order valence-electron chi connectivity index (χ1n) is 7.19. The van der Waals surface area contributed by atoms with Crippen LogP contribution in [0.3, 0.4) is 0 Å². The molecule has 0 aromatic carbocycles. The fourth-order valence-corrected chi connectivity index (χ4v) is 2.78. The lowest BCUT2D eigenvalue weighted by molar-refractivity contribution is 0.219. The van der Waals surface area contributed by atoms with E-state index in [1.165, 1.54) is 11.1 Å². The first-order chi connectivity index (χ1) is 8.44. The van der Waals surface area contributed by atoms with Crippen LogP contribution in [0, 0.1) is 0 Å². The van der Waals surface area contributed by atoms with Gasteiger partial charge in [0.25, 0.3) is 0 Å². The Labute approximate surface area is 120 Å². The highest BCUT2D eigenvalue weighted by Crippen LogP contribution is 2.44. The SMILES string of the molecule is CC1=C(C(C)(C)N(C)C)CC(C(C)(C)N(C)C)=C1C. The summed E-state index contributed by atoms with van der Waals surface area (Å²) in [7, 11) is 8.69. The lowest BCUT2D eigenvalue weighted by Crippen LogP contribution is -2.42. The smallest absolute Gasteiger partial charge is 0.0366 e. The predicted molar refractivity (Wildman–Crippen MR) is 85.5 cm³/mol. The van der Waals surface area contributed by atoms with Crippen LogP contribution < -0.4 is 0 Å². The Morgan fingerprint density at radius 3 is 1.16 bits per heavy atom. The number of allylic oxidation sites excluding steroid dienone is 2. The molecule has 19 heavy (non-hydrogen) atoms. The molecule has 0 heterocycles. The average Bonchev–Trinajstić information content (AvgIpc) is 2.56. The molecule has 0 amide bonds. The normalized spacial score (nSPS) is 18.3. The van der Waals surface area contributed by atoms with Gasteiger partial charge in [0.15, 0.2) is 0 Å². The minimum absolute atomic E-state index is 0.121. The van der Waals surface area contributed by atoms with Crippen LogP contribution in [0.2, 0.25) is 0 Å². The van der Waals surface area contributed by atoms with Crippen molar-refractivity contribution in [3.05, 3.63) is 22.3 Å². The number of hydrogen-bond acceptors (Lipinski definition) is 2. The quantitative estimate of drug-likeness (QED) is 0.764. The monoisotopic (exact) mass is 264 g/mol. The Bertz CT molecular complexity index is 381. The Kier molecular flexibility index (Phi) is 4.39. The Morgan fingerprint density at radius 2 is 0.947 bits per heavy atom. The van der Waals surface area contributed by atoms with Gasteiger partial charge in [-0.3, -0.25) is 0 Å².